The normalized spacial score (nSPS) is 10.6. The van der Waals surface area contributed by atoms with Crippen molar-refractivity contribution in [2.75, 3.05) is 7.05 Å². The molecule has 1 nitrogen and oxygen atoms in total. The Morgan fingerprint density at radius 2 is 1.67 bits per heavy atom. The SMILES string of the molecule is CNCc1ccccc1SCc1ccccc1Cl. The lowest BCUT2D eigenvalue weighted by Gasteiger charge is -2.09. The van der Waals surface area contributed by atoms with Gasteiger partial charge in [-0.2, -0.15) is 0 Å². The Kier molecular flexibility index (Phi) is 5.12. The van der Waals surface area contributed by atoms with Gasteiger partial charge in [0.15, 0.2) is 0 Å². The second-order valence-electron chi connectivity index (χ2n) is 4.02. The molecule has 0 saturated carbocycles. The minimum atomic E-state index is 0.844. The average molecular weight is 278 g/mol. The molecule has 1 N–H and O–H groups in total. The number of rotatable bonds is 5. The second-order valence-corrected chi connectivity index (χ2v) is 5.44. The number of benzene rings is 2. The molecule has 0 atom stereocenters. The number of hydrogen-bond acceptors (Lipinski definition) is 2. The first-order chi connectivity index (χ1) is 8.81. The van der Waals surface area contributed by atoms with Crippen LogP contribution in [-0.2, 0) is 12.3 Å². The van der Waals surface area contributed by atoms with Gasteiger partial charge in [0, 0.05) is 22.2 Å². The fourth-order valence-corrected chi connectivity index (χ4v) is 3.10. The fraction of sp³-hybridized carbons (Fsp3) is 0.200. The number of hydrogen-bond donors (Lipinski definition) is 1. The van der Waals surface area contributed by atoms with Gasteiger partial charge in [-0.05, 0) is 30.3 Å². The molecule has 0 aromatic heterocycles. The van der Waals surface area contributed by atoms with E-state index in [1.54, 1.807) is 0 Å². The van der Waals surface area contributed by atoms with Gasteiger partial charge < -0.3 is 5.32 Å². The van der Waals surface area contributed by atoms with E-state index in [1.807, 2.05) is 37.0 Å². The van der Waals surface area contributed by atoms with Crippen LogP contribution < -0.4 is 5.32 Å². The molecule has 94 valence electrons. The highest BCUT2D eigenvalue weighted by atomic mass is 35.5. The minimum absolute atomic E-state index is 0.844. The van der Waals surface area contributed by atoms with Crippen LogP contribution in [0, 0.1) is 0 Å². The Morgan fingerprint density at radius 1 is 1.00 bits per heavy atom. The first-order valence-corrected chi connectivity index (χ1v) is 7.26. The third kappa shape index (κ3) is 3.52. The lowest BCUT2D eigenvalue weighted by molar-refractivity contribution is 0.803. The van der Waals surface area contributed by atoms with E-state index in [4.69, 9.17) is 11.6 Å². The van der Waals surface area contributed by atoms with Crippen molar-refractivity contribution in [3.63, 3.8) is 0 Å². The molecule has 18 heavy (non-hydrogen) atoms. The predicted molar refractivity (Wildman–Crippen MR) is 80.2 cm³/mol. The summed E-state index contributed by atoms with van der Waals surface area (Å²) in [6.07, 6.45) is 0. The summed E-state index contributed by atoms with van der Waals surface area (Å²) in [6, 6.07) is 16.5. The molecule has 0 unspecified atom stereocenters. The van der Waals surface area contributed by atoms with Crippen LogP contribution in [0.15, 0.2) is 53.4 Å². The summed E-state index contributed by atoms with van der Waals surface area (Å²) in [5.74, 6) is 0.903. The monoisotopic (exact) mass is 277 g/mol. The topological polar surface area (TPSA) is 12.0 Å². The highest BCUT2D eigenvalue weighted by Gasteiger charge is 2.04. The third-order valence-corrected chi connectivity index (χ3v) is 4.21. The Hall–Kier alpha value is -0.960. The molecule has 0 aliphatic carbocycles. The maximum absolute atomic E-state index is 6.17. The Balaban J connectivity index is 2.08. The van der Waals surface area contributed by atoms with Crippen molar-refractivity contribution < 1.29 is 0 Å². The van der Waals surface area contributed by atoms with Crippen molar-refractivity contribution in [1.82, 2.24) is 5.32 Å². The van der Waals surface area contributed by atoms with Crippen LogP contribution >= 0.6 is 23.4 Å². The van der Waals surface area contributed by atoms with Gasteiger partial charge in [0.25, 0.3) is 0 Å². The van der Waals surface area contributed by atoms with E-state index in [1.165, 1.54) is 16.0 Å². The molecule has 2 aromatic rings. The molecule has 0 amide bonds. The van der Waals surface area contributed by atoms with Crippen LogP contribution in [0.3, 0.4) is 0 Å². The van der Waals surface area contributed by atoms with Gasteiger partial charge >= 0.3 is 0 Å². The summed E-state index contributed by atoms with van der Waals surface area (Å²) in [6.45, 7) is 0.895. The Morgan fingerprint density at radius 3 is 2.39 bits per heavy atom. The molecular formula is C15H16ClNS. The van der Waals surface area contributed by atoms with Gasteiger partial charge in [0.1, 0.15) is 0 Å². The molecule has 2 aromatic carbocycles. The van der Waals surface area contributed by atoms with Gasteiger partial charge in [-0.3, -0.25) is 0 Å². The number of halogens is 1. The molecule has 0 fully saturated rings. The van der Waals surface area contributed by atoms with Gasteiger partial charge in [0.2, 0.25) is 0 Å². The van der Waals surface area contributed by atoms with E-state index < -0.39 is 0 Å². The van der Waals surface area contributed by atoms with Crippen molar-refractivity contribution in [2.24, 2.45) is 0 Å². The second kappa shape index (κ2) is 6.83. The van der Waals surface area contributed by atoms with E-state index in [9.17, 15) is 0 Å². The highest BCUT2D eigenvalue weighted by molar-refractivity contribution is 7.98. The van der Waals surface area contributed by atoms with Crippen LogP contribution in [0.4, 0.5) is 0 Å². The average Bonchev–Trinajstić information content (AvgIpc) is 2.40. The largest absolute Gasteiger partial charge is 0.316 e. The molecule has 0 spiro atoms. The first kappa shape index (κ1) is 13.5. The molecule has 0 aliphatic heterocycles. The zero-order valence-electron chi connectivity index (χ0n) is 10.3. The lowest BCUT2D eigenvalue weighted by atomic mass is 10.2. The van der Waals surface area contributed by atoms with E-state index in [0.717, 1.165) is 17.3 Å². The maximum Gasteiger partial charge on any atom is 0.0446 e. The Labute approximate surface area is 118 Å². The van der Waals surface area contributed by atoms with E-state index in [-0.39, 0.29) is 0 Å². The smallest absolute Gasteiger partial charge is 0.0446 e. The van der Waals surface area contributed by atoms with Crippen LogP contribution in [0.1, 0.15) is 11.1 Å². The molecule has 0 aliphatic rings. The van der Waals surface area contributed by atoms with E-state index >= 15 is 0 Å². The molecule has 0 heterocycles. The summed E-state index contributed by atoms with van der Waals surface area (Å²) in [5.41, 5.74) is 2.51. The molecular weight excluding hydrogens is 262 g/mol. The third-order valence-electron chi connectivity index (χ3n) is 2.68. The summed E-state index contributed by atoms with van der Waals surface area (Å²) in [7, 11) is 1.97. The van der Waals surface area contributed by atoms with Crippen LogP contribution in [-0.4, -0.2) is 7.05 Å². The summed E-state index contributed by atoms with van der Waals surface area (Å²) in [4.78, 5) is 1.31. The zero-order chi connectivity index (χ0) is 12.8. The standard InChI is InChI=1S/C15H16ClNS/c1-17-10-12-6-3-5-9-15(12)18-11-13-7-2-4-8-14(13)16/h2-9,17H,10-11H2,1H3. The molecule has 0 radical (unpaired) electrons. The zero-order valence-corrected chi connectivity index (χ0v) is 11.9. The molecule has 0 saturated heterocycles. The number of thioether (sulfide) groups is 1. The van der Waals surface area contributed by atoms with Crippen LogP contribution in [0.5, 0.6) is 0 Å². The predicted octanol–water partition coefficient (Wildman–Crippen LogP) is 4.35. The lowest BCUT2D eigenvalue weighted by Crippen LogP contribution is -2.05. The van der Waals surface area contributed by atoms with Crippen molar-refractivity contribution in [1.29, 1.82) is 0 Å². The number of nitrogens with one attached hydrogen (secondary N) is 1. The van der Waals surface area contributed by atoms with Crippen LogP contribution in [0.25, 0.3) is 0 Å². The quantitative estimate of drug-likeness (QED) is 0.816. The molecule has 2 rings (SSSR count). The van der Waals surface area contributed by atoms with Crippen molar-refractivity contribution >= 4 is 23.4 Å². The first-order valence-electron chi connectivity index (χ1n) is 5.90. The van der Waals surface area contributed by atoms with Gasteiger partial charge in [-0.15, -0.1) is 11.8 Å². The molecule has 3 heteroatoms. The minimum Gasteiger partial charge on any atom is -0.316 e. The van der Waals surface area contributed by atoms with E-state index in [0.29, 0.717) is 0 Å². The highest BCUT2D eigenvalue weighted by Crippen LogP contribution is 2.28. The summed E-state index contributed by atoms with van der Waals surface area (Å²) < 4.78 is 0. The summed E-state index contributed by atoms with van der Waals surface area (Å²) in [5, 5.41) is 4.04. The van der Waals surface area contributed by atoms with E-state index in [2.05, 4.69) is 35.6 Å². The van der Waals surface area contributed by atoms with Gasteiger partial charge in [-0.1, -0.05) is 48.0 Å². The van der Waals surface area contributed by atoms with Crippen molar-refractivity contribution in [3.8, 4) is 0 Å². The summed E-state index contributed by atoms with van der Waals surface area (Å²) >= 11 is 8.00. The van der Waals surface area contributed by atoms with Crippen LogP contribution in [0.2, 0.25) is 5.02 Å². The van der Waals surface area contributed by atoms with Gasteiger partial charge in [0.05, 0.1) is 0 Å². The fourth-order valence-electron chi connectivity index (χ4n) is 1.75. The van der Waals surface area contributed by atoms with Gasteiger partial charge in [-0.25, -0.2) is 0 Å². The Bertz CT molecular complexity index is 513. The molecule has 0 bridgehead atoms. The maximum atomic E-state index is 6.17. The van der Waals surface area contributed by atoms with Crippen molar-refractivity contribution in [3.05, 3.63) is 64.7 Å². The van der Waals surface area contributed by atoms with Crippen molar-refractivity contribution in [2.45, 2.75) is 17.2 Å².